The van der Waals surface area contributed by atoms with Crippen LogP contribution >= 0.6 is 0 Å². The number of hydrogen-bond acceptors (Lipinski definition) is 4. The molecule has 0 bridgehead atoms. The lowest BCUT2D eigenvalue weighted by Gasteiger charge is -2.30. The summed E-state index contributed by atoms with van der Waals surface area (Å²) >= 11 is 0. The third kappa shape index (κ3) is 6.10. The number of carboxylic acid groups (broad SMARTS) is 1. The van der Waals surface area contributed by atoms with E-state index in [1.54, 1.807) is 6.20 Å². The normalized spacial score (nSPS) is 13.0. The van der Waals surface area contributed by atoms with E-state index in [1.165, 1.54) is 0 Å². The van der Waals surface area contributed by atoms with Gasteiger partial charge in [-0.05, 0) is 38.0 Å². The van der Waals surface area contributed by atoms with E-state index in [0.29, 0.717) is 12.3 Å². The molecule has 0 aliphatic rings. The van der Waals surface area contributed by atoms with Crippen molar-refractivity contribution in [1.29, 1.82) is 0 Å². The minimum atomic E-state index is -0.725. The van der Waals surface area contributed by atoms with Crippen molar-refractivity contribution in [2.75, 3.05) is 11.9 Å². The fourth-order valence-electron chi connectivity index (χ4n) is 2.31. The highest BCUT2D eigenvalue weighted by Gasteiger charge is 2.24. The van der Waals surface area contributed by atoms with Gasteiger partial charge in [-0.2, -0.15) is 0 Å². The highest BCUT2D eigenvalue weighted by Crippen LogP contribution is 2.32. The fraction of sp³-hybridized carbons (Fsp3) is 0.688. The molecule has 5 heteroatoms. The minimum Gasteiger partial charge on any atom is -0.481 e. The summed E-state index contributed by atoms with van der Waals surface area (Å²) in [6.07, 6.45) is 3.60. The van der Waals surface area contributed by atoms with Crippen molar-refractivity contribution >= 4 is 11.8 Å². The third-order valence-electron chi connectivity index (χ3n) is 3.92. The highest BCUT2D eigenvalue weighted by molar-refractivity contribution is 5.66. The van der Waals surface area contributed by atoms with Crippen LogP contribution in [0.4, 0.5) is 5.82 Å². The molecule has 1 aromatic heterocycles. The van der Waals surface area contributed by atoms with E-state index in [9.17, 15) is 4.79 Å². The van der Waals surface area contributed by atoms with Gasteiger partial charge in [0.1, 0.15) is 5.82 Å². The number of carbonyl (C=O) groups is 1. The molecule has 0 spiro atoms. The van der Waals surface area contributed by atoms with Crippen molar-refractivity contribution in [2.24, 2.45) is 11.3 Å². The standard InChI is InChI=1S/C16H27N3O2/c1-11-12(2)19-14(10-18-11)17-9-8-13(16(3,4)5)6-7-15(20)21/h10,13H,6-9H2,1-5H3,(H,17,19)(H,20,21). The number of nitrogens with one attached hydrogen (secondary N) is 1. The molecule has 0 aliphatic heterocycles. The van der Waals surface area contributed by atoms with Crippen molar-refractivity contribution in [2.45, 2.75) is 53.9 Å². The van der Waals surface area contributed by atoms with Crippen molar-refractivity contribution in [1.82, 2.24) is 9.97 Å². The fourth-order valence-corrected chi connectivity index (χ4v) is 2.31. The molecule has 0 aliphatic carbocycles. The van der Waals surface area contributed by atoms with Crippen LogP contribution in [0.2, 0.25) is 0 Å². The lowest BCUT2D eigenvalue weighted by Crippen LogP contribution is -2.24. The van der Waals surface area contributed by atoms with Gasteiger partial charge in [0.05, 0.1) is 17.6 Å². The Balaban J connectivity index is 2.52. The number of carboxylic acids is 1. The SMILES string of the molecule is Cc1ncc(NCCC(CCC(=O)O)C(C)(C)C)nc1C. The van der Waals surface area contributed by atoms with Crippen LogP contribution in [0.1, 0.15) is 51.4 Å². The zero-order valence-electron chi connectivity index (χ0n) is 13.7. The summed E-state index contributed by atoms with van der Waals surface area (Å²) in [5.41, 5.74) is 1.97. The first kappa shape index (κ1) is 17.4. The maximum atomic E-state index is 10.8. The molecular formula is C16H27N3O2. The number of rotatable bonds is 7. The van der Waals surface area contributed by atoms with E-state index in [1.807, 2.05) is 13.8 Å². The monoisotopic (exact) mass is 293 g/mol. The van der Waals surface area contributed by atoms with E-state index >= 15 is 0 Å². The average Bonchev–Trinajstić information content (AvgIpc) is 2.35. The van der Waals surface area contributed by atoms with Crippen molar-refractivity contribution in [3.8, 4) is 0 Å². The number of aryl methyl sites for hydroxylation is 2. The molecular weight excluding hydrogens is 266 g/mol. The Morgan fingerprint density at radius 2 is 1.95 bits per heavy atom. The van der Waals surface area contributed by atoms with Crippen LogP contribution in [0, 0.1) is 25.2 Å². The van der Waals surface area contributed by atoms with Gasteiger partial charge in [0, 0.05) is 13.0 Å². The number of aromatic nitrogens is 2. The van der Waals surface area contributed by atoms with Crippen LogP contribution in [0.5, 0.6) is 0 Å². The lowest BCUT2D eigenvalue weighted by molar-refractivity contribution is -0.137. The molecule has 5 nitrogen and oxygen atoms in total. The van der Waals surface area contributed by atoms with Gasteiger partial charge in [-0.15, -0.1) is 0 Å². The van der Waals surface area contributed by atoms with Gasteiger partial charge in [-0.25, -0.2) is 4.98 Å². The van der Waals surface area contributed by atoms with E-state index in [-0.39, 0.29) is 11.8 Å². The average molecular weight is 293 g/mol. The molecule has 0 fully saturated rings. The summed E-state index contributed by atoms with van der Waals surface area (Å²) in [7, 11) is 0. The first-order valence-corrected chi connectivity index (χ1v) is 7.46. The Bertz CT molecular complexity index is 481. The number of anilines is 1. The molecule has 1 atom stereocenters. The molecule has 2 N–H and O–H groups in total. The van der Waals surface area contributed by atoms with Crippen LogP contribution in [-0.4, -0.2) is 27.6 Å². The topological polar surface area (TPSA) is 75.1 Å². The van der Waals surface area contributed by atoms with Gasteiger partial charge in [-0.3, -0.25) is 9.78 Å². The summed E-state index contributed by atoms with van der Waals surface area (Å²) in [6, 6.07) is 0. The van der Waals surface area contributed by atoms with E-state index < -0.39 is 5.97 Å². The zero-order valence-corrected chi connectivity index (χ0v) is 13.7. The highest BCUT2D eigenvalue weighted by atomic mass is 16.4. The smallest absolute Gasteiger partial charge is 0.303 e. The molecule has 21 heavy (non-hydrogen) atoms. The molecule has 0 saturated heterocycles. The summed E-state index contributed by atoms with van der Waals surface area (Å²) in [6.45, 7) is 11.1. The summed E-state index contributed by atoms with van der Waals surface area (Å²) in [5.74, 6) is 0.418. The largest absolute Gasteiger partial charge is 0.481 e. The minimum absolute atomic E-state index is 0.103. The van der Waals surface area contributed by atoms with Gasteiger partial charge in [0.25, 0.3) is 0 Å². The second kappa shape index (κ2) is 7.38. The van der Waals surface area contributed by atoms with Gasteiger partial charge in [0.2, 0.25) is 0 Å². The second-order valence-electron chi connectivity index (χ2n) is 6.64. The van der Waals surface area contributed by atoms with Gasteiger partial charge in [0.15, 0.2) is 0 Å². The molecule has 1 rings (SSSR count). The van der Waals surface area contributed by atoms with Crippen molar-refractivity contribution < 1.29 is 9.90 Å². The first-order valence-electron chi connectivity index (χ1n) is 7.46. The molecule has 1 heterocycles. The van der Waals surface area contributed by atoms with Crippen molar-refractivity contribution in [3.63, 3.8) is 0 Å². The third-order valence-corrected chi connectivity index (χ3v) is 3.92. The summed E-state index contributed by atoms with van der Waals surface area (Å²) in [5, 5.41) is 12.1. The predicted octanol–water partition coefficient (Wildman–Crippen LogP) is 3.42. The predicted molar refractivity (Wildman–Crippen MR) is 84.4 cm³/mol. The first-order chi connectivity index (χ1) is 9.70. The van der Waals surface area contributed by atoms with Crippen LogP contribution in [0.25, 0.3) is 0 Å². The van der Waals surface area contributed by atoms with E-state index in [2.05, 4.69) is 36.1 Å². The van der Waals surface area contributed by atoms with Crippen LogP contribution in [0.3, 0.4) is 0 Å². The molecule has 0 amide bonds. The number of nitrogens with zero attached hydrogens (tertiary/aromatic N) is 2. The molecule has 1 aromatic rings. The van der Waals surface area contributed by atoms with E-state index in [4.69, 9.17) is 5.11 Å². The van der Waals surface area contributed by atoms with Crippen LogP contribution in [0.15, 0.2) is 6.20 Å². The van der Waals surface area contributed by atoms with Gasteiger partial charge < -0.3 is 10.4 Å². The molecule has 0 radical (unpaired) electrons. The van der Waals surface area contributed by atoms with E-state index in [0.717, 1.165) is 30.2 Å². The Morgan fingerprint density at radius 3 is 2.48 bits per heavy atom. The lowest BCUT2D eigenvalue weighted by atomic mass is 9.76. The maximum Gasteiger partial charge on any atom is 0.303 e. The Labute approximate surface area is 127 Å². The molecule has 0 saturated carbocycles. The quantitative estimate of drug-likeness (QED) is 0.805. The zero-order chi connectivity index (χ0) is 16.0. The summed E-state index contributed by atoms with van der Waals surface area (Å²) in [4.78, 5) is 19.5. The second-order valence-corrected chi connectivity index (χ2v) is 6.64. The van der Waals surface area contributed by atoms with Crippen LogP contribution in [-0.2, 0) is 4.79 Å². The molecule has 1 unspecified atom stereocenters. The Kier molecular flexibility index (Phi) is 6.12. The van der Waals surface area contributed by atoms with Crippen molar-refractivity contribution in [3.05, 3.63) is 17.6 Å². The maximum absolute atomic E-state index is 10.8. The number of hydrogen-bond donors (Lipinski definition) is 2. The molecule has 0 aromatic carbocycles. The molecule has 118 valence electrons. The Hall–Kier alpha value is -1.65. The van der Waals surface area contributed by atoms with Crippen LogP contribution < -0.4 is 5.32 Å². The Morgan fingerprint density at radius 1 is 1.29 bits per heavy atom. The van der Waals surface area contributed by atoms with Gasteiger partial charge >= 0.3 is 5.97 Å². The van der Waals surface area contributed by atoms with Gasteiger partial charge in [-0.1, -0.05) is 20.8 Å². The number of aliphatic carboxylic acids is 1. The summed E-state index contributed by atoms with van der Waals surface area (Å²) < 4.78 is 0.